The van der Waals surface area contributed by atoms with E-state index in [1.807, 2.05) is 12.1 Å². The highest BCUT2D eigenvalue weighted by atomic mass is 35.5. The van der Waals surface area contributed by atoms with E-state index in [0.29, 0.717) is 16.8 Å². The van der Waals surface area contributed by atoms with E-state index in [0.717, 1.165) is 18.0 Å². The predicted octanol–water partition coefficient (Wildman–Crippen LogP) is 4.06. The number of methoxy groups -OCH3 is 1. The van der Waals surface area contributed by atoms with Gasteiger partial charge in [-0.1, -0.05) is 31.4 Å². The number of aromatic hydroxyl groups is 1. The molecule has 1 aromatic carbocycles. The average molecular weight is 298 g/mol. The molecule has 0 aliphatic heterocycles. The Morgan fingerprint density at radius 1 is 1.35 bits per heavy atom. The fraction of sp³-hybridized carbons (Fsp3) is 0.625. The quantitative estimate of drug-likeness (QED) is 0.909. The monoisotopic (exact) mass is 297 g/mol. The van der Waals surface area contributed by atoms with Gasteiger partial charge in [0, 0.05) is 12.6 Å². The zero-order valence-electron chi connectivity index (χ0n) is 12.5. The van der Waals surface area contributed by atoms with Gasteiger partial charge in [0.2, 0.25) is 0 Å². The lowest BCUT2D eigenvalue weighted by Crippen LogP contribution is -2.38. The van der Waals surface area contributed by atoms with Gasteiger partial charge in [0.1, 0.15) is 0 Å². The normalized spacial score (nSPS) is 23.1. The van der Waals surface area contributed by atoms with Crippen LogP contribution in [-0.4, -0.2) is 30.2 Å². The molecule has 0 saturated heterocycles. The van der Waals surface area contributed by atoms with Crippen LogP contribution in [-0.2, 0) is 6.54 Å². The number of phenolic OH excluding ortho intramolecular Hbond substituents is 1. The van der Waals surface area contributed by atoms with Crippen LogP contribution in [0.25, 0.3) is 0 Å². The number of ether oxygens (including phenoxy) is 1. The van der Waals surface area contributed by atoms with Crippen molar-refractivity contribution in [2.24, 2.45) is 5.92 Å². The van der Waals surface area contributed by atoms with E-state index < -0.39 is 0 Å². The summed E-state index contributed by atoms with van der Waals surface area (Å²) in [5.41, 5.74) is 1.07. The summed E-state index contributed by atoms with van der Waals surface area (Å²) < 4.78 is 5.16. The summed E-state index contributed by atoms with van der Waals surface area (Å²) >= 11 is 6.05. The summed E-state index contributed by atoms with van der Waals surface area (Å²) in [4.78, 5) is 2.39. The first-order chi connectivity index (χ1) is 9.52. The molecular weight excluding hydrogens is 274 g/mol. The molecule has 20 heavy (non-hydrogen) atoms. The third kappa shape index (κ3) is 3.39. The van der Waals surface area contributed by atoms with Gasteiger partial charge in [-0.3, -0.25) is 4.90 Å². The highest BCUT2D eigenvalue weighted by Crippen LogP contribution is 2.36. The van der Waals surface area contributed by atoms with Gasteiger partial charge in [-0.05, 0) is 43.5 Å². The zero-order chi connectivity index (χ0) is 14.7. The first kappa shape index (κ1) is 15.5. The zero-order valence-corrected chi connectivity index (χ0v) is 13.3. The molecule has 1 fully saturated rings. The molecule has 2 atom stereocenters. The van der Waals surface area contributed by atoms with Crippen LogP contribution >= 0.6 is 11.6 Å². The van der Waals surface area contributed by atoms with Crippen LogP contribution < -0.4 is 4.74 Å². The van der Waals surface area contributed by atoms with Crippen molar-refractivity contribution in [1.82, 2.24) is 4.90 Å². The highest BCUT2D eigenvalue weighted by molar-refractivity contribution is 6.32. The van der Waals surface area contributed by atoms with E-state index in [1.165, 1.54) is 25.7 Å². The smallest absolute Gasteiger partial charge is 0.176 e. The van der Waals surface area contributed by atoms with Gasteiger partial charge in [0.05, 0.1) is 12.1 Å². The Labute approximate surface area is 126 Å². The van der Waals surface area contributed by atoms with Crippen LogP contribution in [0.1, 0.15) is 38.2 Å². The van der Waals surface area contributed by atoms with Gasteiger partial charge in [-0.15, -0.1) is 0 Å². The van der Waals surface area contributed by atoms with Crippen molar-refractivity contribution in [2.75, 3.05) is 14.2 Å². The molecule has 0 spiro atoms. The Bertz CT molecular complexity index is 464. The largest absolute Gasteiger partial charge is 0.503 e. The number of benzene rings is 1. The second-order valence-corrected chi connectivity index (χ2v) is 6.28. The Morgan fingerprint density at radius 2 is 2.05 bits per heavy atom. The number of halogens is 1. The summed E-state index contributed by atoms with van der Waals surface area (Å²) in [6, 6.07) is 4.32. The molecule has 0 heterocycles. The van der Waals surface area contributed by atoms with E-state index >= 15 is 0 Å². The molecule has 0 radical (unpaired) electrons. The van der Waals surface area contributed by atoms with Crippen molar-refractivity contribution in [2.45, 2.75) is 45.2 Å². The highest BCUT2D eigenvalue weighted by Gasteiger charge is 2.25. The fourth-order valence-electron chi connectivity index (χ4n) is 3.23. The van der Waals surface area contributed by atoms with Gasteiger partial charge in [0.25, 0.3) is 0 Å². The van der Waals surface area contributed by atoms with Crippen LogP contribution in [0.4, 0.5) is 0 Å². The molecule has 112 valence electrons. The van der Waals surface area contributed by atoms with Gasteiger partial charge in [-0.25, -0.2) is 0 Å². The molecule has 2 rings (SSSR count). The molecule has 0 aromatic heterocycles. The number of phenols is 1. The molecule has 3 nitrogen and oxygen atoms in total. The second-order valence-electron chi connectivity index (χ2n) is 5.87. The molecule has 2 unspecified atom stereocenters. The predicted molar refractivity (Wildman–Crippen MR) is 82.6 cm³/mol. The van der Waals surface area contributed by atoms with E-state index in [1.54, 1.807) is 7.11 Å². The number of nitrogens with zero attached hydrogens (tertiary/aromatic N) is 1. The maximum absolute atomic E-state index is 9.78. The molecule has 0 amide bonds. The Morgan fingerprint density at radius 3 is 2.70 bits per heavy atom. The fourth-order valence-corrected chi connectivity index (χ4v) is 3.46. The molecule has 0 bridgehead atoms. The lowest BCUT2D eigenvalue weighted by molar-refractivity contribution is 0.133. The van der Waals surface area contributed by atoms with Gasteiger partial charge in [0.15, 0.2) is 11.5 Å². The molecule has 1 aliphatic rings. The van der Waals surface area contributed by atoms with Crippen LogP contribution in [0, 0.1) is 5.92 Å². The van der Waals surface area contributed by atoms with Crippen LogP contribution in [0.2, 0.25) is 5.02 Å². The molecular formula is C16H24ClNO2. The van der Waals surface area contributed by atoms with Crippen molar-refractivity contribution in [3.63, 3.8) is 0 Å². The molecule has 1 saturated carbocycles. The summed E-state index contributed by atoms with van der Waals surface area (Å²) in [5.74, 6) is 1.20. The molecule has 1 N–H and O–H groups in total. The van der Waals surface area contributed by atoms with Gasteiger partial charge in [-0.2, -0.15) is 0 Å². The minimum Gasteiger partial charge on any atom is -0.503 e. The summed E-state index contributed by atoms with van der Waals surface area (Å²) in [6.45, 7) is 3.16. The van der Waals surface area contributed by atoms with Crippen molar-refractivity contribution in [3.8, 4) is 11.5 Å². The number of hydrogen-bond acceptors (Lipinski definition) is 3. The minimum absolute atomic E-state index is 0.0200. The summed E-state index contributed by atoms with van der Waals surface area (Å²) in [5, 5.41) is 10.1. The van der Waals surface area contributed by atoms with Crippen LogP contribution in [0.3, 0.4) is 0 Å². The average Bonchev–Trinajstić information content (AvgIpc) is 2.43. The minimum atomic E-state index is 0.0200. The number of hydrogen-bond donors (Lipinski definition) is 1. The van der Waals surface area contributed by atoms with Gasteiger partial charge < -0.3 is 9.84 Å². The topological polar surface area (TPSA) is 32.7 Å². The first-order valence-corrected chi connectivity index (χ1v) is 7.66. The Balaban J connectivity index is 2.11. The number of rotatable bonds is 4. The van der Waals surface area contributed by atoms with E-state index in [2.05, 4.69) is 18.9 Å². The van der Waals surface area contributed by atoms with E-state index in [4.69, 9.17) is 16.3 Å². The standard InChI is InChI=1S/C16H24ClNO2/c1-11-6-4-5-7-14(11)18(2)10-12-8-13(17)16(19)15(9-12)20-3/h8-9,11,14,19H,4-7,10H2,1-3H3. The lowest BCUT2D eigenvalue weighted by atomic mass is 9.85. The Kier molecular flexibility index (Phi) is 5.17. The second kappa shape index (κ2) is 6.68. The van der Waals surface area contributed by atoms with E-state index in [-0.39, 0.29) is 5.75 Å². The summed E-state index contributed by atoms with van der Waals surface area (Å²) in [7, 11) is 3.71. The van der Waals surface area contributed by atoms with Crippen molar-refractivity contribution in [3.05, 3.63) is 22.7 Å². The first-order valence-electron chi connectivity index (χ1n) is 7.28. The maximum atomic E-state index is 9.78. The summed E-state index contributed by atoms with van der Waals surface area (Å²) in [6.07, 6.45) is 5.25. The Hall–Kier alpha value is -0.930. The van der Waals surface area contributed by atoms with Crippen LogP contribution in [0.5, 0.6) is 11.5 Å². The molecule has 1 aromatic rings. The van der Waals surface area contributed by atoms with Crippen molar-refractivity contribution < 1.29 is 9.84 Å². The van der Waals surface area contributed by atoms with Crippen molar-refractivity contribution in [1.29, 1.82) is 0 Å². The molecule has 1 aliphatic carbocycles. The van der Waals surface area contributed by atoms with Crippen molar-refractivity contribution >= 4 is 11.6 Å². The molecule has 4 heteroatoms. The van der Waals surface area contributed by atoms with Gasteiger partial charge >= 0.3 is 0 Å². The maximum Gasteiger partial charge on any atom is 0.176 e. The SMILES string of the molecule is COc1cc(CN(C)C2CCCCC2C)cc(Cl)c1O. The van der Waals surface area contributed by atoms with Crippen LogP contribution in [0.15, 0.2) is 12.1 Å². The third-order valence-corrected chi connectivity index (χ3v) is 4.66. The third-order valence-electron chi connectivity index (χ3n) is 4.37. The van der Waals surface area contributed by atoms with E-state index in [9.17, 15) is 5.11 Å². The lowest BCUT2D eigenvalue weighted by Gasteiger charge is -2.36.